The molecule has 0 aliphatic heterocycles. The Morgan fingerprint density at radius 3 is 0.910 bits per heavy atom. The van der Waals surface area contributed by atoms with Gasteiger partial charge in [0.1, 0.15) is 13.2 Å². The minimum Gasteiger partial charge on any atom is -0.462 e. The van der Waals surface area contributed by atoms with Crippen LogP contribution in [0.2, 0.25) is 0 Å². The van der Waals surface area contributed by atoms with Gasteiger partial charge in [-0.05, 0) is 116 Å². The number of ether oxygens (including phenoxy) is 3. The highest BCUT2D eigenvalue weighted by molar-refractivity contribution is 5.71. The fourth-order valence-electron chi connectivity index (χ4n) is 7.83. The average molecular weight is 936 g/mol. The molecule has 1 atom stereocenters. The summed E-state index contributed by atoms with van der Waals surface area (Å²) in [5.74, 6) is -0.929. The third kappa shape index (κ3) is 53.7. The van der Waals surface area contributed by atoms with Crippen LogP contribution in [-0.4, -0.2) is 37.2 Å². The van der Waals surface area contributed by atoms with Gasteiger partial charge in [-0.3, -0.25) is 14.4 Å². The molecule has 0 aliphatic rings. The first kappa shape index (κ1) is 63.8. The Bertz CT molecular complexity index is 1260. The summed E-state index contributed by atoms with van der Waals surface area (Å²) in [7, 11) is 0. The maximum absolute atomic E-state index is 12.8. The lowest BCUT2D eigenvalue weighted by Crippen LogP contribution is -2.30. The van der Waals surface area contributed by atoms with Gasteiger partial charge >= 0.3 is 17.9 Å². The quantitative estimate of drug-likeness (QED) is 0.0262. The average Bonchev–Trinajstić information content (AvgIpc) is 3.33. The molecule has 0 radical (unpaired) electrons. The number of rotatable bonds is 51. The van der Waals surface area contributed by atoms with Crippen LogP contribution in [0, 0.1) is 0 Å². The molecule has 0 spiro atoms. The molecule has 0 heterocycles. The fraction of sp³-hybridized carbons (Fsp3) is 0.754. The number of hydrogen-bond acceptors (Lipinski definition) is 6. The number of carbonyl (C=O) groups excluding carboxylic acids is 3. The summed E-state index contributed by atoms with van der Waals surface area (Å²) in [6, 6.07) is 0. The Hall–Kier alpha value is -3.15. The predicted octanol–water partition coefficient (Wildman–Crippen LogP) is 19.0. The van der Waals surface area contributed by atoms with E-state index in [1.807, 2.05) is 0 Å². The van der Waals surface area contributed by atoms with Crippen LogP contribution < -0.4 is 0 Å². The van der Waals surface area contributed by atoms with Crippen molar-refractivity contribution in [3.05, 3.63) is 72.9 Å². The molecule has 0 amide bonds. The van der Waals surface area contributed by atoms with Crippen LogP contribution in [0.4, 0.5) is 0 Å². The van der Waals surface area contributed by atoms with Crippen molar-refractivity contribution in [3.63, 3.8) is 0 Å². The van der Waals surface area contributed by atoms with E-state index in [-0.39, 0.29) is 31.1 Å². The molecule has 0 rings (SSSR count). The predicted molar refractivity (Wildman–Crippen MR) is 288 cm³/mol. The van der Waals surface area contributed by atoms with Gasteiger partial charge in [0.05, 0.1) is 0 Å². The van der Waals surface area contributed by atoms with Gasteiger partial charge in [-0.2, -0.15) is 0 Å². The molecule has 0 aromatic heterocycles. The molecule has 0 aromatic carbocycles. The van der Waals surface area contributed by atoms with Crippen LogP contribution in [0.1, 0.15) is 278 Å². The van der Waals surface area contributed by atoms with Gasteiger partial charge in [0.25, 0.3) is 0 Å². The van der Waals surface area contributed by atoms with Crippen LogP contribution in [-0.2, 0) is 28.6 Å². The van der Waals surface area contributed by atoms with Crippen molar-refractivity contribution >= 4 is 17.9 Å². The standard InChI is InChI=1S/C61H106O6/c1-4-7-10-13-16-19-22-25-28-29-30-31-34-36-39-42-45-48-51-54-60(63)66-57-58(67-61(64)55-52-49-46-43-40-37-33-27-24-21-18-15-12-9-6-3)56-65-59(62)53-50-47-44-41-38-35-32-26-23-20-17-14-11-8-5-2/h16,19-20,23,25,27-28,30-31,33,36,39,58H,4-15,17-18,21-22,24,26,29,32,34-35,37-38,40-57H2,1-3H3/b19-16-,23-20-,28-25-,31-30-,33-27-,39-36-/t58-/m0/s1. The molecule has 6 nitrogen and oxygen atoms in total. The molecule has 6 heteroatoms. The van der Waals surface area contributed by atoms with Crippen LogP contribution in [0.15, 0.2) is 72.9 Å². The molecule has 0 saturated carbocycles. The molecule has 0 saturated heterocycles. The van der Waals surface area contributed by atoms with Crippen molar-refractivity contribution in [2.75, 3.05) is 13.2 Å². The topological polar surface area (TPSA) is 78.9 Å². The summed E-state index contributed by atoms with van der Waals surface area (Å²) < 4.78 is 16.8. The third-order valence-corrected chi connectivity index (χ3v) is 12.2. The number of allylic oxidation sites excluding steroid dienone is 12. The lowest BCUT2D eigenvalue weighted by Gasteiger charge is -2.18. The smallest absolute Gasteiger partial charge is 0.306 e. The first-order valence-electron chi connectivity index (χ1n) is 28.4. The fourth-order valence-corrected chi connectivity index (χ4v) is 7.83. The van der Waals surface area contributed by atoms with Crippen molar-refractivity contribution in [1.82, 2.24) is 0 Å². The Labute approximate surface area is 414 Å². The van der Waals surface area contributed by atoms with Gasteiger partial charge in [0.15, 0.2) is 6.10 Å². The van der Waals surface area contributed by atoms with E-state index < -0.39 is 6.10 Å². The van der Waals surface area contributed by atoms with E-state index >= 15 is 0 Å². The largest absolute Gasteiger partial charge is 0.462 e. The molecule has 0 fully saturated rings. The van der Waals surface area contributed by atoms with E-state index in [1.165, 1.54) is 141 Å². The minimum atomic E-state index is -0.795. The van der Waals surface area contributed by atoms with Crippen LogP contribution in [0.3, 0.4) is 0 Å². The lowest BCUT2D eigenvalue weighted by atomic mass is 10.1. The minimum absolute atomic E-state index is 0.0908. The first-order valence-corrected chi connectivity index (χ1v) is 28.4. The zero-order valence-corrected chi connectivity index (χ0v) is 44.2. The third-order valence-electron chi connectivity index (χ3n) is 12.2. The normalized spacial score (nSPS) is 12.6. The van der Waals surface area contributed by atoms with Gasteiger partial charge in [-0.15, -0.1) is 0 Å². The van der Waals surface area contributed by atoms with E-state index in [1.54, 1.807) is 0 Å². The molecule has 0 aliphatic carbocycles. The summed E-state index contributed by atoms with van der Waals surface area (Å²) in [5, 5.41) is 0. The van der Waals surface area contributed by atoms with E-state index in [2.05, 4.69) is 93.7 Å². The van der Waals surface area contributed by atoms with Crippen LogP contribution in [0.25, 0.3) is 0 Å². The maximum Gasteiger partial charge on any atom is 0.306 e. The first-order chi connectivity index (χ1) is 33.0. The number of esters is 3. The molecule has 0 unspecified atom stereocenters. The Kier molecular flexibility index (Phi) is 52.8. The van der Waals surface area contributed by atoms with Gasteiger partial charge in [-0.25, -0.2) is 0 Å². The van der Waals surface area contributed by atoms with Crippen molar-refractivity contribution in [3.8, 4) is 0 Å². The van der Waals surface area contributed by atoms with Gasteiger partial charge in [0.2, 0.25) is 0 Å². The molecule has 0 bridgehead atoms. The highest BCUT2D eigenvalue weighted by atomic mass is 16.6. The van der Waals surface area contributed by atoms with Gasteiger partial charge in [0, 0.05) is 19.3 Å². The monoisotopic (exact) mass is 935 g/mol. The number of unbranched alkanes of at least 4 members (excludes halogenated alkanes) is 28. The van der Waals surface area contributed by atoms with Crippen molar-refractivity contribution in [2.24, 2.45) is 0 Å². The highest BCUT2D eigenvalue weighted by Gasteiger charge is 2.19. The summed E-state index contributed by atoms with van der Waals surface area (Å²) in [6.07, 6.45) is 70.2. The number of carbonyl (C=O) groups is 3. The maximum atomic E-state index is 12.8. The lowest BCUT2D eigenvalue weighted by molar-refractivity contribution is -0.167. The molecular weight excluding hydrogens is 829 g/mol. The van der Waals surface area contributed by atoms with E-state index in [0.29, 0.717) is 19.3 Å². The highest BCUT2D eigenvalue weighted by Crippen LogP contribution is 2.14. The SMILES string of the molecule is CCCCC/C=C\C/C=C\C/C=C\C/C=C\CCCCCC(=O)OC[C@H](COC(=O)CCCCCCCCC/C=C\CCCCCC)OC(=O)CCCCCCC/C=C\CCCCCCCC. The molecule has 0 N–H and O–H groups in total. The summed E-state index contributed by atoms with van der Waals surface area (Å²) >= 11 is 0. The number of hydrogen-bond donors (Lipinski definition) is 0. The zero-order chi connectivity index (χ0) is 48.6. The summed E-state index contributed by atoms with van der Waals surface area (Å²) in [4.78, 5) is 38.1. The van der Waals surface area contributed by atoms with Crippen LogP contribution >= 0.6 is 0 Å². The van der Waals surface area contributed by atoms with E-state index in [4.69, 9.17) is 14.2 Å². The summed E-state index contributed by atoms with van der Waals surface area (Å²) in [5.41, 5.74) is 0. The molecular formula is C61H106O6. The second-order valence-electron chi connectivity index (χ2n) is 18.8. The Balaban J connectivity index is 4.45. The van der Waals surface area contributed by atoms with Crippen molar-refractivity contribution in [2.45, 2.75) is 284 Å². The van der Waals surface area contributed by atoms with Gasteiger partial charge < -0.3 is 14.2 Å². The molecule has 386 valence electrons. The van der Waals surface area contributed by atoms with Crippen molar-refractivity contribution < 1.29 is 28.6 Å². The van der Waals surface area contributed by atoms with E-state index in [9.17, 15) is 14.4 Å². The van der Waals surface area contributed by atoms with E-state index in [0.717, 1.165) is 96.3 Å². The Morgan fingerprint density at radius 1 is 0.299 bits per heavy atom. The van der Waals surface area contributed by atoms with Gasteiger partial charge in [-0.1, -0.05) is 216 Å². The second-order valence-corrected chi connectivity index (χ2v) is 18.8. The zero-order valence-electron chi connectivity index (χ0n) is 44.2. The second kappa shape index (κ2) is 55.4. The molecule has 67 heavy (non-hydrogen) atoms. The Morgan fingerprint density at radius 2 is 0.537 bits per heavy atom. The summed E-state index contributed by atoms with van der Waals surface area (Å²) in [6.45, 7) is 6.57. The molecule has 0 aromatic rings. The van der Waals surface area contributed by atoms with Crippen molar-refractivity contribution in [1.29, 1.82) is 0 Å². The van der Waals surface area contributed by atoms with Crippen LogP contribution in [0.5, 0.6) is 0 Å².